The van der Waals surface area contributed by atoms with Crippen LogP contribution >= 0.6 is 15.9 Å². The van der Waals surface area contributed by atoms with Gasteiger partial charge in [0.25, 0.3) is 0 Å². The van der Waals surface area contributed by atoms with Gasteiger partial charge in [-0.2, -0.15) is 0 Å². The standard InChI is InChI=1S/C14H20BrNO2/c1-2-6-16-7-8-17-14(10-16)11-18-13-5-3-4-12(15)9-13/h3-5,9,14H,2,6-8,10-11H2,1H3. The highest BCUT2D eigenvalue weighted by Gasteiger charge is 2.20. The summed E-state index contributed by atoms with van der Waals surface area (Å²) in [6.07, 6.45) is 1.38. The molecule has 0 aromatic heterocycles. The maximum atomic E-state index is 5.77. The SMILES string of the molecule is CCCN1CCOC(COc2cccc(Br)c2)C1. The van der Waals surface area contributed by atoms with Crippen LogP contribution in [0.2, 0.25) is 0 Å². The van der Waals surface area contributed by atoms with Crippen molar-refractivity contribution in [2.24, 2.45) is 0 Å². The third kappa shape index (κ3) is 4.26. The van der Waals surface area contributed by atoms with Crippen LogP contribution in [-0.2, 0) is 4.74 Å². The number of hydrogen-bond acceptors (Lipinski definition) is 3. The van der Waals surface area contributed by atoms with Crippen molar-refractivity contribution in [1.29, 1.82) is 0 Å². The van der Waals surface area contributed by atoms with E-state index in [2.05, 4.69) is 27.8 Å². The molecule has 18 heavy (non-hydrogen) atoms. The zero-order valence-corrected chi connectivity index (χ0v) is 12.4. The van der Waals surface area contributed by atoms with Crippen LogP contribution in [0.25, 0.3) is 0 Å². The number of rotatable bonds is 5. The predicted octanol–water partition coefficient (Wildman–Crippen LogP) is 2.94. The molecule has 1 unspecified atom stereocenters. The number of benzene rings is 1. The van der Waals surface area contributed by atoms with E-state index in [1.165, 1.54) is 6.42 Å². The molecule has 1 aromatic carbocycles. The lowest BCUT2D eigenvalue weighted by Crippen LogP contribution is -2.45. The molecule has 1 aliphatic rings. The molecule has 1 aromatic rings. The lowest BCUT2D eigenvalue weighted by molar-refractivity contribution is -0.0477. The molecule has 0 amide bonds. The van der Waals surface area contributed by atoms with Gasteiger partial charge < -0.3 is 9.47 Å². The molecule has 3 nitrogen and oxygen atoms in total. The molecular weight excluding hydrogens is 294 g/mol. The van der Waals surface area contributed by atoms with E-state index in [9.17, 15) is 0 Å². The first-order chi connectivity index (χ1) is 8.78. The van der Waals surface area contributed by atoms with Crippen molar-refractivity contribution in [2.75, 3.05) is 32.8 Å². The smallest absolute Gasteiger partial charge is 0.120 e. The second kappa shape index (κ2) is 7.12. The van der Waals surface area contributed by atoms with Gasteiger partial charge in [0, 0.05) is 17.6 Å². The third-order valence-corrected chi connectivity index (χ3v) is 3.49. The lowest BCUT2D eigenvalue weighted by Gasteiger charge is -2.32. The van der Waals surface area contributed by atoms with Gasteiger partial charge in [0.2, 0.25) is 0 Å². The van der Waals surface area contributed by atoms with E-state index in [4.69, 9.17) is 9.47 Å². The first-order valence-electron chi connectivity index (χ1n) is 6.50. The molecule has 1 fully saturated rings. The molecule has 0 spiro atoms. The molecule has 1 saturated heterocycles. The second-order valence-electron chi connectivity index (χ2n) is 4.56. The molecule has 0 radical (unpaired) electrons. The first-order valence-corrected chi connectivity index (χ1v) is 7.29. The van der Waals surface area contributed by atoms with E-state index in [1.807, 2.05) is 24.3 Å². The Hall–Kier alpha value is -0.580. The van der Waals surface area contributed by atoms with E-state index in [1.54, 1.807) is 0 Å². The fraction of sp³-hybridized carbons (Fsp3) is 0.571. The maximum absolute atomic E-state index is 5.77. The van der Waals surface area contributed by atoms with Gasteiger partial charge in [-0.1, -0.05) is 28.9 Å². The zero-order chi connectivity index (χ0) is 12.8. The van der Waals surface area contributed by atoms with E-state index >= 15 is 0 Å². The molecule has 0 aliphatic carbocycles. The Bertz CT molecular complexity index is 371. The summed E-state index contributed by atoms with van der Waals surface area (Å²) >= 11 is 3.44. The fourth-order valence-electron chi connectivity index (χ4n) is 2.15. The Morgan fingerprint density at radius 1 is 1.50 bits per heavy atom. The monoisotopic (exact) mass is 313 g/mol. The fourth-order valence-corrected chi connectivity index (χ4v) is 2.52. The van der Waals surface area contributed by atoms with Crippen molar-refractivity contribution in [3.05, 3.63) is 28.7 Å². The molecule has 4 heteroatoms. The van der Waals surface area contributed by atoms with Crippen molar-refractivity contribution in [3.8, 4) is 5.75 Å². The van der Waals surface area contributed by atoms with E-state index in [0.717, 1.165) is 36.5 Å². The summed E-state index contributed by atoms with van der Waals surface area (Å²) in [6, 6.07) is 7.92. The number of morpholine rings is 1. The predicted molar refractivity (Wildman–Crippen MR) is 76.1 cm³/mol. The average molecular weight is 314 g/mol. The van der Waals surface area contributed by atoms with Crippen molar-refractivity contribution in [2.45, 2.75) is 19.4 Å². The highest BCUT2D eigenvalue weighted by atomic mass is 79.9. The van der Waals surface area contributed by atoms with Crippen molar-refractivity contribution in [1.82, 2.24) is 4.90 Å². The van der Waals surface area contributed by atoms with E-state index < -0.39 is 0 Å². The summed E-state index contributed by atoms with van der Waals surface area (Å²) in [4.78, 5) is 2.44. The summed E-state index contributed by atoms with van der Waals surface area (Å²) in [5, 5.41) is 0. The van der Waals surface area contributed by atoms with Crippen molar-refractivity contribution < 1.29 is 9.47 Å². The minimum Gasteiger partial charge on any atom is -0.491 e. The minimum absolute atomic E-state index is 0.185. The van der Waals surface area contributed by atoms with Crippen LogP contribution in [0.5, 0.6) is 5.75 Å². The van der Waals surface area contributed by atoms with Gasteiger partial charge >= 0.3 is 0 Å². The van der Waals surface area contributed by atoms with Gasteiger partial charge in [0.15, 0.2) is 0 Å². The molecule has 2 rings (SSSR count). The van der Waals surface area contributed by atoms with Gasteiger partial charge in [-0.05, 0) is 31.2 Å². The minimum atomic E-state index is 0.185. The lowest BCUT2D eigenvalue weighted by atomic mass is 10.2. The molecule has 0 N–H and O–H groups in total. The number of halogens is 1. The van der Waals surface area contributed by atoms with Crippen molar-refractivity contribution >= 4 is 15.9 Å². The van der Waals surface area contributed by atoms with Crippen LogP contribution in [0.1, 0.15) is 13.3 Å². The first kappa shape index (κ1) is 13.8. The van der Waals surface area contributed by atoms with Gasteiger partial charge in [0.05, 0.1) is 6.61 Å². The van der Waals surface area contributed by atoms with E-state index in [-0.39, 0.29) is 6.10 Å². The molecular formula is C14H20BrNO2. The van der Waals surface area contributed by atoms with Gasteiger partial charge in [-0.3, -0.25) is 4.90 Å². The highest BCUT2D eigenvalue weighted by Crippen LogP contribution is 2.18. The van der Waals surface area contributed by atoms with Crippen molar-refractivity contribution in [3.63, 3.8) is 0 Å². The third-order valence-electron chi connectivity index (χ3n) is 2.99. The Kier molecular flexibility index (Phi) is 5.47. The molecule has 1 aliphatic heterocycles. The number of ether oxygens (including phenoxy) is 2. The normalized spacial score (nSPS) is 20.9. The van der Waals surface area contributed by atoms with E-state index in [0.29, 0.717) is 6.61 Å². The largest absolute Gasteiger partial charge is 0.491 e. The van der Waals surface area contributed by atoms with Crippen LogP contribution in [0, 0.1) is 0 Å². The molecule has 0 bridgehead atoms. The van der Waals surface area contributed by atoms with Crippen LogP contribution in [0.15, 0.2) is 28.7 Å². The number of hydrogen-bond donors (Lipinski definition) is 0. The topological polar surface area (TPSA) is 21.7 Å². The second-order valence-corrected chi connectivity index (χ2v) is 5.48. The Balaban J connectivity index is 1.79. The zero-order valence-electron chi connectivity index (χ0n) is 10.8. The summed E-state index contributed by atoms with van der Waals surface area (Å²) in [7, 11) is 0. The highest BCUT2D eigenvalue weighted by molar-refractivity contribution is 9.10. The molecule has 0 saturated carbocycles. The van der Waals surface area contributed by atoms with Gasteiger partial charge in [-0.15, -0.1) is 0 Å². The average Bonchev–Trinajstić information content (AvgIpc) is 2.37. The van der Waals surface area contributed by atoms with Crippen LogP contribution in [-0.4, -0.2) is 43.9 Å². The van der Waals surface area contributed by atoms with Gasteiger partial charge in [0.1, 0.15) is 18.5 Å². The van der Waals surface area contributed by atoms with Crippen LogP contribution in [0.3, 0.4) is 0 Å². The van der Waals surface area contributed by atoms with Crippen LogP contribution in [0.4, 0.5) is 0 Å². The summed E-state index contributed by atoms with van der Waals surface area (Å²) in [5.74, 6) is 0.889. The summed E-state index contributed by atoms with van der Waals surface area (Å²) in [6.45, 7) is 6.81. The Morgan fingerprint density at radius 2 is 2.39 bits per heavy atom. The quantitative estimate of drug-likeness (QED) is 0.834. The molecule has 1 heterocycles. The van der Waals surface area contributed by atoms with Crippen LogP contribution < -0.4 is 4.74 Å². The number of nitrogens with zero attached hydrogens (tertiary/aromatic N) is 1. The maximum Gasteiger partial charge on any atom is 0.120 e. The Labute approximate surface area is 117 Å². The van der Waals surface area contributed by atoms with Gasteiger partial charge in [-0.25, -0.2) is 0 Å². The Morgan fingerprint density at radius 3 is 3.17 bits per heavy atom. The summed E-state index contributed by atoms with van der Waals surface area (Å²) in [5.41, 5.74) is 0. The molecule has 1 atom stereocenters. The molecule has 100 valence electrons. The summed E-state index contributed by atoms with van der Waals surface area (Å²) < 4.78 is 12.5.